The molecule has 2 fully saturated rings. The summed E-state index contributed by atoms with van der Waals surface area (Å²) in [6.45, 7) is 6.49. The largest absolute Gasteiger partial charge is 0.569 e. The number of aldehydes is 2. The Morgan fingerprint density at radius 3 is 1.65 bits per heavy atom. The number of hydrogen-bond donors (Lipinski definition) is 3. The van der Waals surface area contributed by atoms with E-state index in [1.165, 1.54) is 12.1 Å². The lowest BCUT2D eigenvalue weighted by atomic mass is 10.0. The average molecular weight is 862 g/mol. The molecular weight excluding hydrogens is 811 g/mol. The third-order valence-corrected chi connectivity index (χ3v) is 10.4. The van der Waals surface area contributed by atoms with Crippen LogP contribution in [0.25, 0.3) is 33.1 Å². The second kappa shape index (κ2) is 22.5. The number of fused-ring (bicyclic) bond motifs is 2. The number of pyridine rings is 2. The normalized spacial score (nSPS) is 13.9. The first-order valence-corrected chi connectivity index (χ1v) is 19.5. The van der Waals surface area contributed by atoms with Gasteiger partial charge in [0.2, 0.25) is 0 Å². The van der Waals surface area contributed by atoms with Gasteiger partial charge in [-0.3, -0.25) is 19.2 Å². The molecule has 62 heavy (non-hydrogen) atoms. The highest BCUT2D eigenvalue weighted by atomic mass is 35.5. The molecule has 3 N–H and O–H groups in total. The van der Waals surface area contributed by atoms with Crippen molar-refractivity contribution in [3.05, 3.63) is 124 Å². The number of nitrogens with zero attached hydrogens (tertiary/aromatic N) is 6. The van der Waals surface area contributed by atoms with Gasteiger partial charge in [0, 0.05) is 79.8 Å². The summed E-state index contributed by atoms with van der Waals surface area (Å²) in [5.41, 5.74) is 4.46. The van der Waals surface area contributed by atoms with Gasteiger partial charge in [0.15, 0.2) is 12.6 Å². The Bertz CT molecular complexity index is 2510. The first kappa shape index (κ1) is 48.3. The number of phenolic OH excluding ortho intramolecular Hbond substituents is 2. The number of piperazine rings is 2. The number of phenols is 2. The van der Waals surface area contributed by atoms with Gasteiger partial charge in [-0.25, -0.2) is 9.97 Å². The third-order valence-electron chi connectivity index (χ3n) is 10.2. The number of halogens is 1. The molecule has 2 aromatic heterocycles. The Labute approximate surface area is 367 Å². The Morgan fingerprint density at radius 2 is 1.13 bits per heavy atom. The van der Waals surface area contributed by atoms with Crippen LogP contribution in [0.2, 0.25) is 5.15 Å². The van der Waals surface area contributed by atoms with E-state index in [2.05, 4.69) is 26.8 Å². The molecule has 0 atom stereocenters. The molecule has 8 rings (SSSR count). The van der Waals surface area contributed by atoms with Crippen molar-refractivity contribution in [1.82, 2.24) is 29.6 Å². The number of rotatable bonds is 7. The minimum Gasteiger partial charge on any atom is -0.537 e. The highest BCUT2D eigenvalue weighted by molar-refractivity contribution is 6.29. The van der Waals surface area contributed by atoms with Gasteiger partial charge in [0.25, 0.3) is 11.8 Å². The third kappa shape index (κ3) is 11.7. The van der Waals surface area contributed by atoms with E-state index in [9.17, 15) is 29.4 Å². The molecule has 0 unspecified atom stereocenters. The molecule has 2 aliphatic rings. The maximum absolute atomic E-state index is 12.8. The van der Waals surface area contributed by atoms with Gasteiger partial charge in [0.05, 0.1) is 27.9 Å². The van der Waals surface area contributed by atoms with E-state index >= 15 is 0 Å². The van der Waals surface area contributed by atoms with Crippen LogP contribution < -0.4 is 4.65 Å². The summed E-state index contributed by atoms with van der Waals surface area (Å²) in [7, 11) is 4.72. The molecule has 2 amide bonds. The van der Waals surface area contributed by atoms with Crippen molar-refractivity contribution in [3.63, 3.8) is 0 Å². The number of carbonyl (C=O) groups is 4. The van der Waals surface area contributed by atoms with Crippen LogP contribution in [0.3, 0.4) is 0 Å². The molecular formula is C46H51BClN6O8. The SMILES string of the molecule is C.C.CN1CCN(C(=O)c2cccc(-c3ccc4c(C=O)c(O)ccc4n3)c2)CC1.CN1CCN(C(=O)c2cccc(O[B]O)c2)CC1.O=Cc1c(O)ccc2nc(Cl)ccc12. The molecule has 0 bridgehead atoms. The van der Waals surface area contributed by atoms with Crippen LogP contribution in [0.1, 0.15) is 56.3 Å². The predicted molar refractivity (Wildman–Crippen MR) is 243 cm³/mol. The standard InChI is InChI=1S/C22H21N3O3.C12H16BN2O3.C10H6ClNO2.2CH4/c1-24-9-11-25(12-10-24)22(28)16-4-2-3-15(13-16)19-6-5-17-18(14-26)21(27)8-7-20(17)23-19;1-14-5-7-15(8-6-14)12(16)10-3-2-4-11(9-10)18-13-17;11-10-4-1-6-7(5-13)9(14)3-2-8(6)12-10;;/h2-8,13-14,27H,9-12H2,1H3;2-4,9,17H,5-8H2,1H3;1-5,14H;2*1H4. The van der Waals surface area contributed by atoms with Gasteiger partial charge in [-0.05, 0) is 93.0 Å². The van der Waals surface area contributed by atoms with E-state index in [4.69, 9.17) is 21.3 Å². The Morgan fingerprint density at radius 1 is 0.645 bits per heavy atom. The van der Waals surface area contributed by atoms with E-state index in [0.717, 1.165) is 57.9 Å². The number of aromatic hydroxyl groups is 2. The maximum atomic E-state index is 12.8. The second-order valence-electron chi connectivity index (χ2n) is 14.2. The van der Waals surface area contributed by atoms with Crippen molar-refractivity contribution in [1.29, 1.82) is 0 Å². The molecule has 0 saturated carbocycles. The Kier molecular flexibility index (Phi) is 17.5. The van der Waals surface area contributed by atoms with Crippen LogP contribution in [0.5, 0.6) is 17.2 Å². The quantitative estimate of drug-likeness (QED) is 0.0908. The summed E-state index contributed by atoms with van der Waals surface area (Å²) in [6, 6.07) is 27.3. The van der Waals surface area contributed by atoms with E-state index in [0.29, 0.717) is 69.8 Å². The number of aromatic nitrogens is 2. The van der Waals surface area contributed by atoms with Crippen molar-refractivity contribution in [2.24, 2.45) is 0 Å². The molecule has 0 spiro atoms. The number of carbonyl (C=O) groups excluding carboxylic acids is 4. The average Bonchev–Trinajstić information content (AvgIpc) is 3.27. The molecule has 16 heteroatoms. The van der Waals surface area contributed by atoms with Crippen LogP contribution in [-0.4, -0.2) is 143 Å². The van der Waals surface area contributed by atoms with Crippen LogP contribution in [0.4, 0.5) is 0 Å². The maximum Gasteiger partial charge on any atom is 0.569 e. The van der Waals surface area contributed by atoms with Crippen LogP contribution >= 0.6 is 11.6 Å². The lowest BCUT2D eigenvalue weighted by Crippen LogP contribution is -2.47. The van der Waals surface area contributed by atoms with E-state index < -0.39 is 0 Å². The fourth-order valence-corrected chi connectivity index (χ4v) is 6.93. The smallest absolute Gasteiger partial charge is 0.537 e. The fraction of sp³-hybridized carbons (Fsp3) is 0.261. The fourth-order valence-electron chi connectivity index (χ4n) is 6.77. The number of likely N-dealkylation sites (N-methyl/N-ethyl adjacent to an activating group) is 2. The minimum absolute atomic E-state index is 0. The zero-order valence-corrected chi connectivity index (χ0v) is 33.8. The minimum atomic E-state index is -0.0585. The van der Waals surface area contributed by atoms with Crippen LogP contribution in [0.15, 0.2) is 97.1 Å². The Balaban J connectivity index is 0.000000215. The van der Waals surface area contributed by atoms with Crippen LogP contribution in [-0.2, 0) is 0 Å². The zero-order valence-electron chi connectivity index (χ0n) is 33.1. The zero-order chi connectivity index (χ0) is 42.8. The predicted octanol–water partition coefficient (Wildman–Crippen LogP) is 6.47. The van der Waals surface area contributed by atoms with Gasteiger partial charge >= 0.3 is 7.69 Å². The van der Waals surface area contributed by atoms with Crippen LogP contribution in [0, 0.1) is 0 Å². The highest BCUT2D eigenvalue weighted by Crippen LogP contribution is 2.29. The van der Waals surface area contributed by atoms with E-state index in [-0.39, 0.29) is 49.3 Å². The van der Waals surface area contributed by atoms with Crippen molar-refractivity contribution in [2.45, 2.75) is 14.9 Å². The summed E-state index contributed by atoms with van der Waals surface area (Å²) in [4.78, 5) is 63.8. The molecule has 14 nitrogen and oxygen atoms in total. The molecule has 2 aliphatic heterocycles. The molecule has 1 radical (unpaired) electrons. The number of hydrogen-bond acceptors (Lipinski definition) is 12. The van der Waals surface area contributed by atoms with Crippen molar-refractivity contribution < 1.29 is 39.1 Å². The van der Waals surface area contributed by atoms with Gasteiger partial charge in [-0.2, -0.15) is 0 Å². The highest BCUT2D eigenvalue weighted by Gasteiger charge is 2.22. The first-order valence-electron chi connectivity index (χ1n) is 19.1. The van der Waals surface area contributed by atoms with Crippen molar-refractivity contribution in [3.8, 4) is 28.5 Å². The van der Waals surface area contributed by atoms with Crippen molar-refractivity contribution >= 4 is 65.5 Å². The summed E-state index contributed by atoms with van der Waals surface area (Å²) in [5.74, 6) is 0.390. The summed E-state index contributed by atoms with van der Waals surface area (Å²) < 4.78 is 4.85. The second-order valence-corrected chi connectivity index (χ2v) is 14.6. The first-order chi connectivity index (χ1) is 29.0. The van der Waals surface area contributed by atoms with E-state index in [1.54, 1.807) is 60.7 Å². The molecule has 323 valence electrons. The lowest BCUT2D eigenvalue weighted by molar-refractivity contribution is 0.0657. The molecule has 2 saturated heterocycles. The molecule has 4 heterocycles. The number of amides is 2. The summed E-state index contributed by atoms with van der Waals surface area (Å²) in [6.07, 6.45) is 1.24. The number of benzene rings is 4. The topological polar surface area (TPSA) is 177 Å². The van der Waals surface area contributed by atoms with Crippen molar-refractivity contribution in [2.75, 3.05) is 66.5 Å². The lowest BCUT2D eigenvalue weighted by Gasteiger charge is -2.32. The monoisotopic (exact) mass is 861 g/mol. The molecule has 6 aromatic rings. The van der Waals surface area contributed by atoms with E-state index in [1.807, 2.05) is 41.1 Å². The Hall–Kier alpha value is -6.39. The molecule has 4 aromatic carbocycles. The van der Waals surface area contributed by atoms with Gasteiger partial charge < -0.3 is 39.5 Å². The van der Waals surface area contributed by atoms with Gasteiger partial charge in [-0.15, -0.1) is 0 Å². The summed E-state index contributed by atoms with van der Waals surface area (Å²) >= 11 is 5.69. The molecule has 0 aliphatic carbocycles. The van der Waals surface area contributed by atoms with Gasteiger partial charge in [-0.1, -0.05) is 44.7 Å². The van der Waals surface area contributed by atoms with Gasteiger partial charge in [0.1, 0.15) is 22.4 Å². The summed E-state index contributed by atoms with van der Waals surface area (Å²) in [5, 5.41) is 29.4.